The molecule has 0 aliphatic carbocycles. The van der Waals surface area contributed by atoms with Gasteiger partial charge >= 0.3 is 5.97 Å². The van der Waals surface area contributed by atoms with Gasteiger partial charge in [0.05, 0.1) is 5.92 Å². The lowest BCUT2D eigenvalue weighted by molar-refractivity contribution is -0.143. The first kappa shape index (κ1) is 32.5. The highest BCUT2D eigenvalue weighted by Crippen LogP contribution is 2.27. The van der Waals surface area contributed by atoms with Gasteiger partial charge in [-0.25, -0.2) is 0 Å². The number of hydrogen-bond donors (Lipinski definition) is 4. The number of nitrogens with one attached hydrogen (secondary N) is 3. The number of carbonyl (C=O) groups is 4. The van der Waals surface area contributed by atoms with Crippen LogP contribution in [-0.4, -0.2) is 48.9 Å². The van der Waals surface area contributed by atoms with Gasteiger partial charge in [0.25, 0.3) is 5.91 Å². The second-order valence-electron chi connectivity index (χ2n) is 11.4. The SMILES string of the molecule is CCCC[C@@H](C[C@H](CCc1ccc(-c2ccc(C(=O)NC)cc2)cc1)C(=O)N[C@H](C(=O)NC)C(C)(C)C)C(=O)O. The molecule has 0 aromatic heterocycles. The fraction of sp³-hybridized carbons (Fsp3) is 0.500. The molecule has 2 aromatic rings. The zero-order chi connectivity index (χ0) is 29.9. The van der Waals surface area contributed by atoms with Gasteiger partial charge in [-0.15, -0.1) is 0 Å². The van der Waals surface area contributed by atoms with Gasteiger partial charge in [-0.1, -0.05) is 76.9 Å². The second-order valence-corrected chi connectivity index (χ2v) is 11.4. The van der Waals surface area contributed by atoms with Gasteiger partial charge in [-0.3, -0.25) is 19.2 Å². The summed E-state index contributed by atoms with van der Waals surface area (Å²) in [6, 6.07) is 14.7. The van der Waals surface area contributed by atoms with Crippen LogP contribution in [0.5, 0.6) is 0 Å². The van der Waals surface area contributed by atoms with Crippen molar-refractivity contribution in [2.75, 3.05) is 14.1 Å². The topological polar surface area (TPSA) is 125 Å². The van der Waals surface area contributed by atoms with Crippen LogP contribution in [0, 0.1) is 17.3 Å². The number of carboxylic acid groups (broad SMARTS) is 1. The largest absolute Gasteiger partial charge is 0.481 e. The molecule has 0 heterocycles. The van der Waals surface area contributed by atoms with Crippen LogP contribution < -0.4 is 16.0 Å². The quantitative estimate of drug-likeness (QED) is 0.268. The Morgan fingerprint density at radius 3 is 1.85 bits per heavy atom. The smallest absolute Gasteiger partial charge is 0.306 e. The Labute approximate surface area is 238 Å². The van der Waals surface area contributed by atoms with E-state index in [0.717, 1.165) is 29.5 Å². The summed E-state index contributed by atoms with van der Waals surface area (Å²) in [5, 5.41) is 18.0. The maximum Gasteiger partial charge on any atom is 0.306 e. The van der Waals surface area contributed by atoms with Gasteiger partial charge in [-0.2, -0.15) is 0 Å². The molecule has 0 aliphatic heterocycles. The first-order valence-electron chi connectivity index (χ1n) is 14.1. The third-order valence-electron chi connectivity index (χ3n) is 7.30. The lowest BCUT2D eigenvalue weighted by atomic mass is 9.83. The molecular weight excluding hydrogens is 506 g/mol. The fourth-order valence-electron chi connectivity index (χ4n) is 4.74. The summed E-state index contributed by atoms with van der Waals surface area (Å²) in [6.45, 7) is 7.67. The molecule has 3 atom stereocenters. The van der Waals surface area contributed by atoms with Crippen molar-refractivity contribution in [2.24, 2.45) is 17.3 Å². The molecule has 218 valence electrons. The molecule has 8 heteroatoms. The normalized spacial score (nSPS) is 13.6. The van der Waals surface area contributed by atoms with E-state index in [9.17, 15) is 24.3 Å². The van der Waals surface area contributed by atoms with Crippen molar-refractivity contribution >= 4 is 23.7 Å². The summed E-state index contributed by atoms with van der Waals surface area (Å²) in [4.78, 5) is 49.8. The molecule has 0 spiro atoms. The molecule has 4 N–H and O–H groups in total. The van der Waals surface area contributed by atoms with Gasteiger partial charge in [0.2, 0.25) is 11.8 Å². The number of aliphatic carboxylic acids is 1. The summed E-state index contributed by atoms with van der Waals surface area (Å²) >= 11 is 0. The molecular formula is C32H45N3O5. The molecule has 0 saturated carbocycles. The molecule has 40 heavy (non-hydrogen) atoms. The van der Waals surface area contributed by atoms with Crippen molar-refractivity contribution in [1.29, 1.82) is 0 Å². The minimum absolute atomic E-state index is 0.135. The molecule has 2 rings (SSSR count). The molecule has 2 aromatic carbocycles. The second kappa shape index (κ2) is 15.2. The number of hydrogen-bond acceptors (Lipinski definition) is 4. The third kappa shape index (κ3) is 9.50. The number of benzene rings is 2. The van der Waals surface area contributed by atoms with E-state index in [1.54, 1.807) is 19.2 Å². The first-order valence-corrected chi connectivity index (χ1v) is 14.1. The summed E-state index contributed by atoms with van der Waals surface area (Å²) in [7, 11) is 3.14. The zero-order valence-electron chi connectivity index (χ0n) is 24.7. The minimum atomic E-state index is -0.892. The fourth-order valence-corrected chi connectivity index (χ4v) is 4.74. The van der Waals surface area contributed by atoms with Crippen molar-refractivity contribution in [1.82, 2.24) is 16.0 Å². The number of carbonyl (C=O) groups excluding carboxylic acids is 3. The summed E-state index contributed by atoms with van der Waals surface area (Å²) in [5.41, 5.74) is 3.10. The van der Waals surface area contributed by atoms with Crippen LogP contribution in [0.1, 0.15) is 75.7 Å². The van der Waals surface area contributed by atoms with Crippen LogP contribution in [0.2, 0.25) is 0 Å². The highest BCUT2D eigenvalue weighted by molar-refractivity contribution is 5.94. The number of amides is 3. The Morgan fingerprint density at radius 2 is 1.38 bits per heavy atom. The first-order chi connectivity index (χ1) is 18.9. The molecule has 0 fully saturated rings. The monoisotopic (exact) mass is 551 g/mol. The van der Waals surface area contributed by atoms with Crippen molar-refractivity contribution in [3.05, 3.63) is 59.7 Å². The standard InChI is InChI=1S/C32H45N3O5/c1-7-8-9-26(31(39)40)20-25(29(37)35-27(30(38)34-6)32(2,3)4)15-12-21-10-13-22(14-11-21)23-16-18-24(19-17-23)28(36)33-5/h10-11,13-14,16-19,25-27H,7-9,12,15,20H2,1-6H3,(H,33,36)(H,34,38)(H,35,37)(H,39,40)/t25-,26-,27+/m0/s1. The van der Waals surface area contributed by atoms with E-state index in [-0.39, 0.29) is 24.1 Å². The predicted molar refractivity (Wildman–Crippen MR) is 158 cm³/mol. The van der Waals surface area contributed by atoms with E-state index in [1.807, 2.05) is 64.1 Å². The van der Waals surface area contributed by atoms with E-state index in [1.165, 1.54) is 7.05 Å². The lowest BCUT2D eigenvalue weighted by Crippen LogP contribution is -2.54. The van der Waals surface area contributed by atoms with Gasteiger partial charge in [-0.05, 0) is 59.9 Å². The molecule has 0 bridgehead atoms. The number of aryl methyl sites for hydroxylation is 1. The molecule has 8 nitrogen and oxygen atoms in total. The van der Waals surface area contributed by atoms with Crippen LogP contribution in [-0.2, 0) is 20.8 Å². The average molecular weight is 552 g/mol. The average Bonchev–Trinajstić information content (AvgIpc) is 2.94. The summed E-state index contributed by atoms with van der Waals surface area (Å²) in [5.74, 6) is -2.77. The van der Waals surface area contributed by atoms with Crippen LogP contribution in [0.15, 0.2) is 48.5 Å². The molecule has 3 amide bonds. The maximum absolute atomic E-state index is 13.5. The number of carboxylic acids is 1. The molecule has 0 saturated heterocycles. The van der Waals surface area contributed by atoms with E-state index >= 15 is 0 Å². The third-order valence-corrected chi connectivity index (χ3v) is 7.30. The molecule has 0 aliphatic rings. The maximum atomic E-state index is 13.5. The number of rotatable bonds is 14. The molecule has 0 unspecified atom stereocenters. The van der Waals surface area contributed by atoms with E-state index in [2.05, 4.69) is 16.0 Å². The summed E-state index contributed by atoms with van der Waals surface area (Å²) in [6.07, 6.45) is 3.45. The summed E-state index contributed by atoms with van der Waals surface area (Å²) < 4.78 is 0. The van der Waals surface area contributed by atoms with Crippen LogP contribution in [0.25, 0.3) is 11.1 Å². The van der Waals surface area contributed by atoms with Gasteiger partial charge in [0.1, 0.15) is 6.04 Å². The van der Waals surface area contributed by atoms with Crippen molar-refractivity contribution in [3.63, 3.8) is 0 Å². The number of unbranched alkanes of at least 4 members (excludes halogenated alkanes) is 1. The van der Waals surface area contributed by atoms with Crippen LogP contribution in [0.3, 0.4) is 0 Å². The van der Waals surface area contributed by atoms with Gasteiger partial charge < -0.3 is 21.1 Å². The van der Waals surface area contributed by atoms with Crippen molar-refractivity contribution in [2.45, 2.75) is 72.3 Å². The Bertz CT molecular complexity index is 1140. The van der Waals surface area contributed by atoms with Gasteiger partial charge in [0.15, 0.2) is 0 Å². The van der Waals surface area contributed by atoms with Crippen molar-refractivity contribution in [3.8, 4) is 11.1 Å². The minimum Gasteiger partial charge on any atom is -0.481 e. The van der Waals surface area contributed by atoms with Crippen molar-refractivity contribution < 1.29 is 24.3 Å². The Balaban J connectivity index is 2.21. The Hall–Kier alpha value is -3.68. The Kier molecular flexibility index (Phi) is 12.4. The highest BCUT2D eigenvalue weighted by atomic mass is 16.4. The predicted octanol–water partition coefficient (Wildman–Crippen LogP) is 4.82. The van der Waals surface area contributed by atoms with E-state index in [0.29, 0.717) is 24.8 Å². The van der Waals surface area contributed by atoms with E-state index in [4.69, 9.17) is 0 Å². The van der Waals surface area contributed by atoms with Crippen LogP contribution in [0.4, 0.5) is 0 Å². The molecule has 0 radical (unpaired) electrons. The Morgan fingerprint density at radius 1 is 0.800 bits per heavy atom. The van der Waals surface area contributed by atoms with Crippen LogP contribution >= 0.6 is 0 Å². The van der Waals surface area contributed by atoms with E-state index < -0.39 is 29.3 Å². The zero-order valence-corrected chi connectivity index (χ0v) is 24.7. The van der Waals surface area contributed by atoms with Gasteiger partial charge in [0, 0.05) is 25.6 Å². The lowest BCUT2D eigenvalue weighted by Gasteiger charge is -2.31. The highest BCUT2D eigenvalue weighted by Gasteiger charge is 2.35. The number of likely N-dealkylation sites (N-methyl/N-ethyl adjacent to an activating group) is 1.